The van der Waals surface area contributed by atoms with Crippen LogP contribution in [0.5, 0.6) is 0 Å². The summed E-state index contributed by atoms with van der Waals surface area (Å²) in [6, 6.07) is 9.91. The average Bonchev–Trinajstić information content (AvgIpc) is 2.38. The van der Waals surface area contributed by atoms with Crippen molar-refractivity contribution in [2.24, 2.45) is 0 Å². The summed E-state index contributed by atoms with van der Waals surface area (Å²) in [5, 5.41) is 4.68. The smallest absolute Gasteiger partial charge is 0.252 e. The minimum atomic E-state index is 0.0248. The van der Waals surface area contributed by atoms with E-state index in [0.717, 1.165) is 22.9 Å². The van der Waals surface area contributed by atoms with Crippen LogP contribution >= 0.6 is 0 Å². The lowest BCUT2D eigenvalue weighted by Crippen LogP contribution is -2.50. The van der Waals surface area contributed by atoms with Crippen LogP contribution in [-0.2, 0) is 6.54 Å². The third kappa shape index (κ3) is 2.30. The number of nitrogens with one attached hydrogen (secondary N) is 2. The first kappa shape index (κ1) is 12.4. The third-order valence-electron chi connectivity index (χ3n) is 4.47. The van der Waals surface area contributed by atoms with E-state index in [1.807, 2.05) is 30.3 Å². The Bertz CT molecular complexity index is 635. The van der Waals surface area contributed by atoms with E-state index in [0.29, 0.717) is 6.54 Å². The predicted molar refractivity (Wildman–Crippen MR) is 78.3 cm³/mol. The fourth-order valence-corrected chi connectivity index (χ4v) is 2.87. The van der Waals surface area contributed by atoms with Crippen molar-refractivity contribution in [2.75, 3.05) is 0 Å². The van der Waals surface area contributed by atoms with E-state index in [1.165, 1.54) is 19.3 Å². The van der Waals surface area contributed by atoms with Crippen LogP contribution in [0.2, 0.25) is 0 Å². The van der Waals surface area contributed by atoms with Crippen LogP contribution in [-0.4, -0.2) is 10.5 Å². The third-order valence-corrected chi connectivity index (χ3v) is 4.47. The second kappa shape index (κ2) is 4.82. The van der Waals surface area contributed by atoms with Gasteiger partial charge in [0.15, 0.2) is 0 Å². The van der Waals surface area contributed by atoms with Gasteiger partial charge in [-0.25, -0.2) is 0 Å². The average molecular weight is 256 g/mol. The summed E-state index contributed by atoms with van der Waals surface area (Å²) >= 11 is 0. The fourth-order valence-electron chi connectivity index (χ4n) is 2.87. The van der Waals surface area contributed by atoms with Crippen molar-refractivity contribution in [1.29, 1.82) is 0 Å². The van der Waals surface area contributed by atoms with Gasteiger partial charge < -0.3 is 10.3 Å². The second-order valence-corrected chi connectivity index (χ2v) is 5.55. The minimum absolute atomic E-state index is 0.0248. The van der Waals surface area contributed by atoms with Gasteiger partial charge in [-0.05, 0) is 43.2 Å². The molecule has 100 valence electrons. The van der Waals surface area contributed by atoms with Gasteiger partial charge in [0.05, 0.1) is 0 Å². The molecule has 1 aromatic heterocycles. The van der Waals surface area contributed by atoms with E-state index in [9.17, 15) is 4.79 Å². The first-order valence-electron chi connectivity index (χ1n) is 7.08. The Morgan fingerprint density at radius 1 is 1.32 bits per heavy atom. The topological polar surface area (TPSA) is 44.9 Å². The van der Waals surface area contributed by atoms with Crippen LogP contribution in [0, 0.1) is 0 Å². The lowest BCUT2D eigenvalue weighted by atomic mass is 9.75. The SMILES string of the molecule is CCC1(NCc2cc3ccccc3[nH]c2=O)CCC1. The maximum Gasteiger partial charge on any atom is 0.252 e. The highest BCUT2D eigenvalue weighted by Gasteiger charge is 2.34. The van der Waals surface area contributed by atoms with Crippen LogP contribution in [0.4, 0.5) is 0 Å². The number of hydrogen-bond acceptors (Lipinski definition) is 2. The first-order chi connectivity index (χ1) is 9.22. The molecule has 3 rings (SSSR count). The summed E-state index contributed by atoms with van der Waals surface area (Å²) in [6.07, 6.45) is 4.90. The maximum absolute atomic E-state index is 12.0. The van der Waals surface area contributed by atoms with Crippen molar-refractivity contribution in [3.05, 3.63) is 46.2 Å². The molecule has 0 atom stereocenters. The fraction of sp³-hybridized carbons (Fsp3) is 0.438. The second-order valence-electron chi connectivity index (χ2n) is 5.55. The van der Waals surface area contributed by atoms with E-state index in [2.05, 4.69) is 17.2 Å². The van der Waals surface area contributed by atoms with Gasteiger partial charge in [-0.2, -0.15) is 0 Å². The molecule has 1 heterocycles. The molecule has 0 spiro atoms. The molecule has 2 N–H and O–H groups in total. The maximum atomic E-state index is 12.0. The number of H-pyrrole nitrogens is 1. The molecule has 0 unspecified atom stereocenters. The number of hydrogen-bond donors (Lipinski definition) is 2. The molecule has 1 saturated carbocycles. The lowest BCUT2D eigenvalue weighted by Gasteiger charge is -2.42. The van der Waals surface area contributed by atoms with Gasteiger partial charge in [0.25, 0.3) is 5.56 Å². The number of aromatic amines is 1. The Morgan fingerprint density at radius 3 is 2.79 bits per heavy atom. The standard InChI is InChI=1S/C16H20N2O/c1-2-16(8-5-9-16)17-11-13-10-12-6-3-4-7-14(12)18-15(13)19/h3-4,6-7,10,17H,2,5,8-9,11H2,1H3,(H,18,19). The summed E-state index contributed by atoms with van der Waals surface area (Å²) in [7, 11) is 0. The van der Waals surface area contributed by atoms with Gasteiger partial charge in [-0.1, -0.05) is 25.1 Å². The van der Waals surface area contributed by atoms with Gasteiger partial charge in [0.2, 0.25) is 0 Å². The Labute approximate surface area is 113 Å². The molecule has 1 aromatic carbocycles. The molecule has 2 aromatic rings. The molecule has 1 fully saturated rings. The number of rotatable bonds is 4. The predicted octanol–water partition coefficient (Wildman–Crippen LogP) is 2.95. The molecule has 0 bridgehead atoms. The summed E-state index contributed by atoms with van der Waals surface area (Å²) in [5.41, 5.74) is 2.04. The number of benzene rings is 1. The Balaban J connectivity index is 1.84. The van der Waals surface area contributed by atoms with Gasteiger partial charge >= 0.3 is 0 Å². The highest BCUT2D eigenvalue weighted by atomic mass is 16.1. The van der Waals surface area contributed by atoms with Gasteiger partial charge in [-0.3, -0.25) is 4.79 Å². The number of aromatic nitrogens is 1. The minimum Gasteiger partial charge on any atom is -0.322 e. The molecule has 1 aliphatic carbocycles. The highest BCUT2D eigenvalue weighted by Crippen LogP contribution is 2.34. The molecule has 0 saturated heterocycles. The molecule has 0 aliphatic heterocycles. The Kier molecular flexibility index (Phi) is 3.15. The van der Waals surface area contributed by atoms with Crippen molar-refractivity contribution in [2.45, 2.75) is 44.7 Å². The summed E-state index contributed by atoms with van der Waals surface area (Å²) in [5.74, 6) is 0. The summed E-state index contributed by atoms with van der Waals surface area (Å²) in [4.78, 5) is 15.0. The summed E-state index contributed by atoms with van der Waals surface area (Å²) in [6.45, 7) is 2.88. The van der Waals surface area contributed by atoms with E-state index in [1.54, 1.807) is 0 Å². The molecule has 1 aliphatic rings. The largest absolute Gasteiger partial charge is 0.322 e. The monoisotopic (exact) mass is 256 g/mol. The van der Waals surface area contributed by atoms with Crippen molar-refractivity contribution in [3.8, 4) is 0 Å². The van der Waals surface area contributed by atoms with Crippen LogP contribution < -0.4 is 10.9 Å². The van der Waals surface area contributed by atoms with E-state index in [4.69, 9.17) is 0 Å². The van der Waals surface area contributed by atoms with Crippen molar-refractivity contribution in [3.63, 3.8) is 0 Å². The molecule has 19 heavy (non-hydrogen) atoms. The molecular weight excluding hydrogens is 236 g/mol. The number of pyridine rings is 1. The summed E-state index contributed by atoms with van der Waals surface area (Å²) < 4.78 is 0. The van der Waals surface area contributed by atoms with E-state index >= 15 is 0 Å². The quantitative estimate of drug-likeness (QED) is 0.883. The normalized spacial score (nSPS) is 17.3. The van der Waals surface area contributed by atoms with Crippen molar-refractivity contribution < 1.29 is 0 Å². The Hall–Kier alpha value is -1.61. The van der Waals surface area contributed by atoms with Gasteiger partial charge in [0, 0.05) is 23.2 Å². The lowest BCUT2D eigenvalue weighted by molar-refractivity contribution is 0.175. The van der Waals surface area contributed by atoms with Crippen LogP contribution in [0.1, 0.15) is 38.2 Å². The van der Waals surface area contributed by atoms with Crippen LogP contribution in [0.25, 0.3) is 10.9 Å². The zero-order valence-electron chi connectivity index (χ0n) is 11.3. The highest BCUT2D eigenvalue weighted by molar-refractivity contribution is 5.78. The van der Waals surface area contributed by atoms with Crippen LogP contribution in [0.15, 0.2) is 35.1 Å². The molecule has 0 amide bonds. The van der Waals surface area contributed by atoms with Gasteiger partial charge in [-0.15, -0.1) is 0 Å². The Morgan fingerprint density at radius 2 is 2.11 bits per heavy atom. The van der Waals surface area contributed by atoms with Crippen molar-refractivity contribution in [1.82, 2.24) is 10.3 Å². The van der Waals surface area contributed by atoms with Crippen molar-refractivity contribution >= 4 is 10.9 Å². The first-order valence-corrected chi connectivity index (χ1v) is 7.08. The molecular formula is C16H20N2O. The van der Waals surface area contributed by atoms with Gasteiger partial charge in [0.1, 0.15) is 0 Å². The molecule has 3 heteroatoms. The van der Waals surface area contributed by atoms with E-state index < -0.39 is 0 Å². The van der Waals surface area contributed by atoms with E-state index in [-0.39, 0.29) is 11.1 Å². The van der Waals surface area contributed by atoms with Crippen LogP contribution in [0.3, 0.4) is 0 Å². The number of fused-ring (bicyclic) bond motifs is 1. The molecule has 3 nitrogen and oxygen atoms in total. The molecule has 0 radical (unpaired) electrons. The zero-order chi connectivity index (χ0) is 13.3. The number of para-hydroxylation sites is 1. The zero-order valence-corrected chi connectivity index (χ0v) is 11.3.